The minimum atomic E-state index is -0.483. The fourth-order valence-corrected chi connectivity index (χ4v) is 2.89. The zero-order valence-electron chi connectivity index (χ0n) is 13.5. The average Bonchev–Trinajstić information content (AvgIpc) is 3.41. The molecule has 0 saturated carbocycles. The van der Waals surface area contributed by atoms with Crippen LogP contribution >= 0.6 is 11.3 Å². The lowest BCUT2D eigenvalue weighted by molar-refractivity contribution is -0.146. The molecule has 3 aromatic heterocycles. The van der Waals surface area contributed by atoms with E-state index in [1.54, 1.807) is 6.07 Å². The van der Waals surface area contributed by atoms with Gasteiger partial charge in [0, 0.05) is 22.6 Å². The van der Waals surface area contributed by atoms with E-state index in [1.165, 1.54) is 16.1 Å². The lowest BCUT2D eigenvalue weighted by Gasteiger charge is -2.00. The number of thiophene rings is 1. The van der Waals surface area contributed by atoms with Crippen LogP contribution < -0.4 is 0 Å². The van der Waals surface area contributed by atoms with E-state index in [9.17, 15) is 4.79 Å². The van der Waals surface area contributed by atoms with Crippen molar-refractivity contribution < 1.29 is 14.1 Å². The Balaban J connectivity index is 1.32. The molecule has 0 fully saturated rings. The highest BCUT2D eigenvalue weighted by molar-refractivity contribution is 7.08. The van der Waals surface area contributed by atoms with E-state index < -0.39 is 5.97 Å². The topological polar surface area (TPSA) is 95.9 Å². The molecule has 0 aliphatic carbocycles. The summed E-state index contributed by atoms with van der Waals surface area (Å²) in [6, 6.07) is 13.2. The standard InChI is InChI=1S/C17H13N5O3S/c23-16(9-22-19-17(18-21-22)13-6-7-26-11-13)24-10-14-8-15(25-20-14)12-4-2-1-3-5-12/h1-8,11H,9-10H2. The summed E-state index contributed by atoms with van der Waals surface area (Å²) >= 11 is 1.54. The molecule has 0 bridgehead atoms. The van der Waals surface area contributed by atoms with Crippen LogP contribution in [0.5, 0.6) is 0 Å². The molecule has 0 amide bonds. The first kappa shape index (κ1) is 16.2. The summed E-state index contributed by atoms with van der Waals surface area (Å²) in [6.45, 7) is -0.109. The highest BCUT2D eigenvalue weighted by Crippen LogP contribution is 2.20. The van der Waals surface area contributed by atoms with Crippen molar-refractivity contribution in [2.45, 2.75) is 13.2 Å². The third kappa shape index (κ3) is 3.67. The van der Waals surface area contributed by atoms with Gasteiger partial charge in [0.15, 0.2) is 12.3 Å². The van der Waals surface area contributed by atoms with Crippen LogP contribution in [0.1, 0.15) is 5.69 Å². The molecule has 8 nitrogen and oxygen atoms in total. The number of tetrazole rings is 1. The highest BCUT2D eigenvalue weighted by Gasteiger charge is 2.12. The van der Waals surface area contributed by atoms with Gasteiger partial charge in [-0.2, -0.15) is 16.1 Å². The van der Waals surface area contributed by atoms with E-state index in [1.807, 2.05) is 47.2 Å². The predicted molar refractivity (Wildman–Crippen MR) is 92.9 cm³/mol. The largest absolute Gasteiger partial charge is 0.458 e. The van der Waals surface area contributed by atoms with E-state index in [4.69, 9.17) is 9.26 Å². The first-order valence-electron chi connectivity index (χ1n) is 7.75. The summed E-state index contributed by atoms with van der Waals surface area (Å²) < 4.78 is 10.5. The van der Waals surface area contributed by atoms with Gasteiger partial charge in [-0.25, -0.2) is 4.79 Å². The molecule has 0 atom stereocenters. The second-order valence-electron chi connectivity index (χ2n) is 5.36. The predicted octanol–water partition coefficient (Wildman–Crippen LogP) is 2.80. The molecule has 4 rings (SSSR count). The summed E-state index contributed by atoms with van der Waals surface area (Å²) in [6.07, 6.45) is 0. The third-order valence-corrected chi connectivity index (χ3v) is 4.18. The fourth-order valence-electron chi connectivity index (χ4n) is 2.25. The molecule has 26 heavy (non-hydrogen) atoms. The Morgan fingerprint density at radius 2 is 2.08 bits per heavy atom. The number of hydrogen-bond donors (Lipinski definition) is 0. The van der Waals surface area contributed by atoms with Crippen LogP contribution in [0.25, 0.3) is 22.7 Å². The summed E-state index contributed by atoms with van der Waals surface area (Å²) in [5.41, 5.74) is 2.30. The maximum absolute atomic E-state index is 12.0. The molecule has 3 heterocycles. The minimum absolute atomic E-state index is 0.0151. The molecular formula is C17H13N5O3S. The molecule has 0 aliphatic rings. The van der Waals surface area contributed by atoms with Crippen molar-refractivity contribution in [2.75, 3.05) is 0 Å². The number of esters is 1. The van der Waals surface area contributed by atoms with Crippen LogP contribution in [0.2, 0.25) is 0 Å². The van der Waals surface area contributed by atoms with Crippen LogP contribution in [0.4, 0.5) is 0 Å². The van der Waals surface area contributed by atoms with Crippen LogP contribution in [-0.4, -0.2) is 31.3 Å². The van der Waals surface area contributed by atoms with Crippen molar-refractivity contribution >= 4 is 17.3 Å². The van der Waals surface area contributed by atoms with E-state index in [-0.39, 0.29) is 13.2 Å². The normalized spacial score (nSPS) is 10.8. The SMILES string of the molecule is O=C(Cn1nnc(-c2ccsc2)n1)OCc1cc(-c2ccccc2)on1. The van der Waals surface area contributed by atoms with Gasteiger partial charge >= 0.3 is 5.97 Å². The van der Waals surface area contributed by atoms with E-state index in [0.717, 1.165) is 11.1 Å². The number of carbonyl (C=O) groups excluding carboxylic acids is 1. The Morgan fingerprint density at radius 1 is 1.19 bits per heavy atom. The van der Waals surface area contributed by atoms with Crippen LogP contribution in [0.3, 0.4) is 0 Å². The highest BCUT2D eigenvalue weighted by atomic mass is 32.1. The van der Waals surface area contributed by atoms with Gasteiger partial charge in [-0.05, 0) is 16.7 Å². The molecule has 0 unspecified atom stereocenters. The monoisotopic (exact) mass is 367 g/mol. The number of rotatable bonds is 6. The van der Waals surface area contributed by atoms with Crippen LogP contribution in [-0.2, 0) is 22.7 Å². The Bertz CT molecular complexity index is 995. The molecule has 1 aromatic carbocycles. The lowest BCUT2D eigenvalue weighted by Crippen LogP contribution is -2.15. The number of nitrogens with zero attached hydrogens (tertiary/aromatic N) is 5. The van der Waals surface area contributed by atoms with Crippen molar-refractivity contribution in [2.24, 2.45) is 0 Å². The average molecular weight is 367 g/mol. The van der Waals surface area contributed by atoms with Crippen molar-refractivity contribution in [3.63, 3.8) is 0 Å². The molecule has 0 saturated heterocycles. The minimum Gasteiger partial charge on any atom is -0.458 e. The molecule has 4 aromatic rings. The Morgan fingerprint density at radius 3 is 2.88 bits per heavy atom. The van der Waals surface area contributed by atoms with Crippen LogP contribution in [0, 0.1) is 0 Å². The van der Waals surface area contributed by atoms with Gasteiger partial charge < -0.3 is 9.26 Å². The van der Waals surface area contributed by atoms with E-state index in [0.29, 0.717) is 17.3 Å². The molecule has 0 N–H and O–H groups in total. The maximum Gasteiger partial charge on any atom is 0.330 e. The number of carbonyl (C=O) groups is 1. The van der Waals surface area contributed by atoms with Gasteiger partial charge in [0.2, 0.25) is 5.82 Å². The van der Waals surface area contributed by atoms with Gasteiger partial charge in [0.25, 0.3) is 0 Å². The smallest absolute Gasteiger partial charge is 0.330 e. The van der Waals surface area contributed by atoms with Crippen molar-refractivity contribution in [1.82, 2.24) is 25.4 Å². The van der Waals surface area contributed by atoms with E-state index >= 15 is 0 Å². The maximum atomic E-state index is 12.0. The molecule has 130 valence electrons. The van der Waals surface area contributed by atoms with Gasteiger partial charge in [0.1, 0.15) is 12.3 Å². The van der Waals surface area contributed by atoms with Gasteiger partial charge in [-0.15, -0.1) is 10.2 Å². The zero-order chi connectivity index (χ0) is 17.8. The first-order valence-corrected chi connectivity index (χ1v) is 8.69. The van der Waals surface area contributed by atoms with Gasteiger partial charge in [0.05, 0.1) is 0 Å². The number of aromatic nitrogens is 5. The second kappa shape index (κ2) is 7.28. The summed E-state index contributed by atoms with van der Waals surface area (Å²) in [5.74, 6) is 0.613. The van der Waals surface area contributed by atoms with Gasteiger partial charge in [-0.1, -0.05) is 35.5 Å². The first-order chi connectivity index (χ1) is 12.8. The molecule has 0 spiro atoms. The number of benzene rings is 1. The molecule has 0 aliphatic heterocycles. The van der Waals surface area contributed by atoms with Crippen molar-refractivity contribution in [1.29, 1.82) is 0 Å². The molecule has 0 radical (unpaired) electrons. The second-order valence-corrected chi connectivity index (χ2v) is 6.14. The number of hydrogen-bond acceptors (Lipinski definition) is 8. The number of ether oxygens (including phenoxy) is 1. The quantitative estimate of drug-likeness (QED) is 0.483. The van der Waals surface area contributed by atoms with Gasteiger partial charge in [-0.3, -0.25) is 0 Å². The summed E-state index contributed by atoms with van der Waals surface area (Å²) in [7, 11) is 0. The lowest BCUT2D eigenvalue weighted by atomic mass is 10.2. The Kier molecular flexibility index (Phi) is 4.52. The molecule has 9 heteroatoms. The summed E-state index contributed by atoms with van der Waals surface area (Å²) in [5, 5.41) is 19.7. The third-order valence-electron chi connectivity index (χ3n) is 3.50. The molecular weight excluding hydrogens is 354 g/mol. The summed E-state index contributed by atoms with van der Waals surface area (Å²) in [4.78, 5) is 13.2. The van der Waals surface area contributed by atoms with E-state index in [2.05, 4.69) is 20.6 Å². The van der Waals surface area contributed by atoms with Crippen LogP contribution in [0.15, 0.2) is 57.7 Å². The Hall–Kier alpha value is -3.33. The zero-order valence-corrected chi connectivity index (χ0v) is 14.3. The fraction of sp³-hybridized carbons (Fsp3) is 0.118. The van der Waals surface area contributed by atoms with Crippen molar-refractivity contribution in [3.8, 4) is 22.7 Å². The van der Waals surface area contributed by atoms with Crippen molar-refractivity contribution in [3.05, 3.63) is 58.9 Å². The Labute approximate surface area is 152 Å².